The molecule has 10 nitrogen and oxygen atoms in total. The molecule has 0 saturated carbocycles. The van der Waals surface area contributed by atoms with Crippen LogP contribution >= 0.6 is 0 Å². The Morgan fingerprint density at radius 2 is 1.50 bits per heavy atom. The Morgan fingerprint density at radius 1 is 0.886 bits per heavy atom. The monoisotopic (exact) mass is 602 g/mol. The van der Waals surface area contributed by atoms with Gasteiger partial charge in [-0.25, -0.2) is 13.8 Å². The zero-order valence-corrected chi connectivity index (χ0v) is 24.7. The number of nitrogen functional groups attached to an aromatic ring is 1. The van der Waals surface area contributed by atoms with Crippen LogP contribution in [0.1, 0.15) is 29.5 Å². The largest absolute Gasteiger partial charge is 0.493 e. The molecule has 1 saturated heterocycles. The van der Waals surface area contributed by atoms with Gasteiger partial charge in [0.1, 0.15) is 17.5 Å². The number of nitrogens with two attached hydrogens (primary N) is 2. The molecule has 0 bridgehead atoms. The van der Waals surface area contributed by atoms with E-state index in [4.69, 9.17) is 30.9 Å². The highest BCUT2D eigenvalue weighted by Gasteiger charge is 2.25. The fraction of sp³-hybridized carbons (Fsp3) is 0.281. The van der Waals surface area contributed by atoms with E-state index in [9.17, 15) is 8.78 Å². The van der Waals surface area contributed by atoms with Gasteiger partial charge in [-0.2, -0.15) is 9.97 Å². The Morgan fingerprint density at radius 3 is 2.11 bits per heavy atom. The summed E-state index contributed by atoms with van der Waals surface area (Å²) < 4.78 is 37.4. The Kier molecular flexibility index (Phi) is 9.70. The zero-order chi connectivity index (χ0) is 31.1. The molecule has 0 amide bonds. The van der Waals surface area contributed by atoms with E-state index in [1.165, 1.54) is 24.3 Å². The summed E-state index contributed by atoms with van der Waals surface area (Å²) in [5.74, 6) is 1.79. The van der Waals surface area contributed by atoms with Crippen molar-refractivity contribution in [3.05, 3.63) is 95.1 Å². The Balaban J connectivity index is 1.38. The zero-order valence-electron chi connectivity index (χ0n) is 24.7. The second-order valence-electron chi connectivity index (χ2n) is 10.4. The number of ether oxygens (including phenoxy) is 2. The maximum Gasteiger partial charge on any atom is 0.227 e. The van der Waals surface area contributed by atoms with Gasteiger partial charge in [0.25, 0.3) is 0 Å². The maximum absolute atomic E-state index is 13.4. The topological polar surface area (TPSA) is 136 Å². The third-order valence-corrected chi connectivity index (χ3v) is 7.47. The number of nitrogens with zero attached hydrogens (tertiary/aromatic N) is 4. The van der Waals surface area contributed by atoms with Crippen molar-refractivity contribution in [3.63, 3.8) is 0 Å². The number of aliphatic imine (C=N–C) groups is 1. The number of halogens is 2. The summed E-state index contributed by atoms with van der Waals surface area (Å²) in [7, 11) is 3.11. The summed E-state index contributed by atoms with van der Waals surface area (Å²) in [5, 5.41) is 6.76. The van der Waals surface area contributed by atoms with Crippen LogP contribution in [0.15, 0.2) is 71.7 Å². The number of hydrogen-bond acceptors (Lipinski definition) is 9. The number of rotatable bonds is 11. The van der Waals surface area contributed by atoms with Crippen molar-refractivity contribution in [3.8, 4) is 11.5 Å². The first-order valence-electron chi connectivity index (χ1n) is 14.3. The highest BCUT2D eigenvalue weighted by molar-refractivity contribution is 6.01. The maximum atomic E-state index is 13.4. The van der Waals surface area contributed by atoms with E-state index in [2.05, 4.69) is 20.5 Å². The Bertz CT molecular complexity index is 1590. The molecule has 6 N–H and O–H groups in total. The summed E-state index contributed by atoms with van der Waals surface area (Å²) in [4.78, 5) is 16.1. The number of benzene rings is 3. The molecule has 1 fully saturated rings. The van der Waals surface area contributed by atoms with Gasteiger partial charge in [-0.1, -0.05) is 24.3 Å². The van der Waals surface area contributed by atoms with E-state index >= 15 is 0 Å². The molecule has 0 atom stereocenters. The summed E-state index contributed by atoms with van der Waals surface area (Å²) in [6.07, 6.45) is 1.69. The molecule has 230 valence electrons. The van der Waals surface area contributed by atoms with Crippen LogP contribution in [0, 0.1) is 11.6 Å². The second kappa shape index (κ2) is 14.0. The normalized spacial score (nSPS) is 14.0. The van der Waals surface area contributed by atoms with Crippen molar-refractivity contribution in [1.82, 2.24) is 15.3 Å². The lowest BCUT2D eigenvalue weighted by atomic mass is 10.0. The molecule has 1 aliphatic heterocycles. The smallest absolute Gasteiger partial charge is 0.227 e. The Hall–Kier alpha value is -4.97. The van der Waals surface area contributed by atoms with E-state index in [0.29, 0.717) is 60.7 Å². The number of amidine groups is 1. The van der Waals surface area contributed by atoms with Crippen LogP contribution in [-0.4, -0.2) is 49.2 Å². The van der Waals surface area contributed by atoms with E-state index in [1.807, 2.05) is 0 Å². The molecule has 1 aromatic heterocycles. The molecule has 12 heteroatoms. The first-order chi connectivity index (χ1) is 21.3. The molecular weight excluding hydrogens is 566 g/mol. The average Bonchev–Trinajstić information content (AvgIpc) is 3.05. The van der Waals surface area contributed by atoms with Crippen LogP contribution in [0.4, 0.5) is 32.1 Å². The summed E-state index contributed by atoms with van der Waals surface area (Å²) >= 11 is 0. The number of nitrogens with one attached hydrogen (secondary N) is 2. The van der Waals surface area contributed by atoms with Crippen LogP contribution in [0.2, 0.25) is 0 Å². The van der Waals surface area contributed by atoms with Crippen molar-refractivity contribution >= 4 is 29.1 Å². The van der Waals surface area contributed by atoms with Gasteiger partial charge in [0.2, 0.25) is 5.95 Å². The van der Waals surface area contributed by atoms with Crippen molar-refractivity contribution in [2.24, 2.45) is 10.7 Å². The van der Waals surface area contributed by atoms with Crippen molar-refractivity contribution < 1.29 is 18.3 Å². The lowest BCUT2D eigenvalue weighted by Crippen LogP contribution is -2.42. The van der Waals surface area contributed by atoms with E-state index in [-0.39, 0.29) is 29.3 Å². The van der Waals surface area contributed by atoms with Crippen LogP contribution < -0.4 is 36.5 Å². The van der Waals surface area contributed by atoms with Gasteiger partial charge >= 0.3 is 0 Å². The third kappa shape index (κ3) is 7.51. The minimum atomic E-state index is -0.304. The van der Waals surface area contributed by atoms with Crippen LogP contribution in [0.25, 0.3) is 0 Å². The molecule has 0 aliphatic carbocycles. The lowest BCUT2D eigenvalue weighted by Gasteiger charge is -2.34. The highest BCUT2D eigenvalue weighted by atomic mass is 19.1. The molecule has 5 rings (SSSR count). The first-order valence-corrected chi connectivity index (χ1v) is 14.3. The molecular formula is C32H36F2N8O2. The molecule has 1 aliphatic rings. The highest BCUT2D eigenvalue weighted by Crippen LogP contribution is 2.35. The third-order valence-electron chi connectivity index (χ3n) is 7.47. The number of hydrogen-bond donors (Lipinski definition) is 4. The van der Waals surface area contributed by atoms with Gasteiger partial charge in [-0.3, -0.25) is 0 Å². The SMILES string of the molecule is COc1ccc(C(N)=Nc2c(N)nc(NCc3ccc(F)cc3)nc2N2CCC(NCc3ccc(F)cc3)CC2)cc1OC. The van der Waals surface area contributed by atoms with Crippen molar-refractivity contribution in [2.75, 3.05) is 43.3 Å². The summed E-state index contributed by atoms with van der Waals surface area (Å²) in [6, 6.07) is 18.3. The molecule has 44 heavy (non-hydrogen) atoms. The summed E-state index contributed by atoms with van der Waals surface area (Å²) in [6.45, 7) is 2.41. The van der Waals surface area contributed by atoms with E-state index < -0.39 is 0 Å². The minimum Gasteiger partial charge on any atom is -0.493 e. The number of aromatic nitrogens is 2. The van der Waals surface area contributed by atoms with Crippen molar-refractivity contribution in [1.29, 1.82) is 0 Å². The summed E-state index contributed by atoms with van der Waals surface area (Å²) in [5.41, 5.74) is 15.8. The molecule has 0 radical (unpaired) electrons. The predicted molar refractivity (Wildman–Crippen MR) is 169 cm³/mol. The van der Waals surface area contributed by atoms with E-state index in [1.54, 1.807) is 56.7 Å². The van der Waals surface area contributed by atoms with Gasteiger partial charge in [0.15, 0.2) is 28.8 Å². The van der Waals surface area contributed by atoms with Crippen LogP contribution in [0.5, 0.6) is 11.5 Å². The number of piperidine rings is 1. The van der Waals surface area contributed by atoms with Gasteiger partial charge < -0.3 is 36.5 Å². The standard InChI is InChI=1S/C32H36F2N8O2/c1-43-26-12-7-22(17-27(26)44-2)29(35)39-28-30(36)40-32(38-19-21-5-10-24(34)11-6-21)41-31(28)42-15-13-25(14-16-42)37-18-20-3-8-23(33)9-4-20/h3-12,17,25,37H,13-16,18-19H2,1-2H3,(H2,35,39)(H3,36,38,40,41). The van der Waals surface area contributed by atoms with Gasteiger partial charge in [0, 0.05) is 37.8 Å². The van der Waals surface area contributed by atoms with Crippen molar-refractivity contribution in [2.45, 2.75) is 32.0 Å². The van der Waals surface area contributed by atoms with Crippen LogP contribution in [0.3, 0.4) is 0 Å². The first kappa shape index (κ1) is 30.5. The molecule has 3 aromatic carbocycles. The second-order valence-corrected chi connectivity index (χ2v) is 10.4. The van der Waals surface area contributed by atoms with Crippen LogP contribution in [-0.2, 0) is 13.1 Å². The predicted octanol–water partition coefficient (Wildman–Crippen LogP) is 4.76. The number of anilines is 3. The van der Waals surface area contributed by atoms with Gasteiger partial charge in [-0.05, 0) is 66.4 Å². The fourth-order valence-electron chi connectivity index (χ4n) is 4.99. The molecule has 0 unspecified atom stereocenters. The molecule has 4 aromatic rings. The molecule has 2 heterocycles. The van der Waals surface area contributed by atoms with Gasteiger partial charge in [-0.15, -0.1) is 0 Å². The number of methoxy groups -OCH3 is 2. The quantitative estimate of drug-likeness (QED) is 0.142. The lowest BCUT2D eigenvalue weighted by molar-refractivity contribution is 0.355. The minimum absolute atomic E-state index is 0.164. The average molecular weight is 603 g/mol. The Labute approximate surface area is 255 Å². The fourth-order valence-corrected chi connectivity index (χ4v) is 4.99. The van der Waals surface area contributed by atoms with Gasteiger partial charge in [0.05, 0.1) is 14.2 Å². The molecule has 0 spiro atoms. The van der Waals surface area contributed by atoms with E-state index in [0.717, 1.165) is 24.0 Å².